The van der Waals surface area contributed by atoms with Gasteiger partial charge in [0.2, 0.25) is 5.91 Å². The van der Waals surface area contributed by atoms with E-state index < -0.39 is 17.8 Å². The number of nitrogens with one attached hydrogen (secondary N) is 2. The largest absolute Gasteiger partial charge is 0.416 e. The number of aromatic nitrogens is 1. The van der Waals surface area contributed by atoms with Gasteiger partial charge >= 0.3 is 12.2 Å². The first-order valence-electron chi connectivity index (χ1n) is 12.8. The van der Waals surface area contributed by atoms with Crippen LogP contribution in [0, 0.1) is 0 Å². The van der Waals surface area contributed by atoms with Crippen LogP contribution in [-0.2, 0) is 28.7 Å². The molecular formula is C30H31F3N4O3. The number of methoxy groups -OCH3 is 1. The summed E-state index contributed by atoms with van der Waals surface area (Å²) in [7, 11) is 1.48. The zero-order chi connectivity index (χ0) is 28.5. The molecule has 0 unspecified atom stereocenters. The van der Waals surface area contributed by atoms with Crippen molar-refractivity contribution < 1.29 is 27.5 Å². The maximum atomic E-state index is 13.6. The molecule has 0 aliphatic carbocycles. The molecule has 0 aliphatic rings. The van der Waals surface area contributed by atoms with Crippen molar-refractivity contribution in [1.82, 2.24) is 14.8 Å². The molecule has 210 valence electrons. The molecular weight excluding hydrogens is 521 g/mol. The van der Waals surface area contributed by atoms with Crippen molar-refractivity contribution in [2.45, 2.75) is 19.1 Å². The smallest absolute Gasteiger partial charge is 0.383 e. The summed E-state index contributed by atoms with van der Waals surface area (Å²) in [5.74, 6) is -0.262. The lowest BCUT2D eigenvalue weighted by Crippen LogP contribution is -2.46. The van der Waals surface area contributed by atoms with Crippen molar-refractivity contribution in [2.24, 2.45) is 0 Å². The molecule has 1 heterocycles. The van der Waals surface area contributed by atoms with Gasteiger partial charge < -0.3 is 24.8 Å². The molecule has 4 rings (SSSR count). The number of rotatable bonds is 11. The molecule has 0 fully saturated rings. The molecule has 0 saturated heterocycles. The third-order valence-electron chi connectivity index (χ3n) is 6.54. The number of H-pyrrole nitrogens is 1. The lowest BCUT2D eigenvalue weighted by molar-refractivity contribution is -0.137. The van der Waals surface area contributed by atoms with E-state index in [1.165, 1.54) is 24.1 Å². The fourth-order valence-corrected chi connectivity index (χ4v) is 4.35. The van der Waals surface area contributed by atoms with Gasteiger partial charge in [0.05, 0.1) is 12.2 Å². The van der Waals surface area contributed by atoms with Crippen molar-refractivity contribution in [3.63, 3.8) is 0 Å². The van der Waals surface area contributed by atoms with Gasteiger partial charge in [-0.15, -0.1) is 0 Å². The van der Waals surface area contributed by atoms with Gasteiger partial charge in [0.15, 0.2) is 0 Å². The molecule has 1 aromatic heterocycles. The van der Waals surface area contributed by atoms with E-state index in [1.807, 2.05) is 60.8 Å². The highest BCUT2D eigenvalue weighted by molar-refractivity contribution is 5.92. The van der Waals surface area contributed by atoms with Crippen LogP contribution in [0.5, 0.6) is 0 Å². The van der Waals surface area contributed by atoms with Gasteiger partial charge in [0, 0.05) is 49.5 Å². The first kappa shape index (κ1) is 28.7. The van der Waals surface area contributed by atoms with Crippen molar-refractivity contribution in [3.05, 3.63) is 102 Å². The second-order valence-corrected chi connectivity index (χ2v) is 9.33. The molecule has 3 amide bonds. The Morgan fingerprint density at radius 3 is 2.30 bits per heavy atom. The van der Waals surface area contributed by atoms with E-state index in [0.717, 1.165) is 34.2 Å². The number of ether oxygens (including phenoxy) is 1. The van der Waals surface area contributed by atoms with Gasteiger partial charge in [0.25, 0.3) is 0 Å². The molecule has 2 N–H and O–H groups in total. The van der Waals surface area contributed by atoms with Gasteiger partial charge in [-0.3, -0.25) is 4.79 Å². The van der Waals surface area contributed by atoms with E-state index in [1.54, 1.807) is 4.90 Å². The fourth-order valence-electron chi connectivity index (χ4n) is 4.35. The Bertz CT molecular complexity index is 1410. The van der Waals surface area contributed by atoms with Crippen LogP contribution in [0.15, 0.2) is 85.1 Å². The van der Waals surface area contributed by atoms with Gasteiger partial charge in [-0.05, 0) is 47.9 Å². The van der Waals surface area contributed by atoms with E-state index in [4.69, 9.17) is 4.74 Å². The zero-order valence-electron chi connectivity index (χ0n) is 22.1. The molecule has 40 heavy (non-hydrogen) atoms. The number of urea groups is 1. The number of halogens is 3. The number of alkyl halides is 3. The highest BCUT2D eigenvalue weighted by atomic mass is 19.4. The lowest BCUT2D eigenvalue weighted by atomic mass is 10.1. The normalized spacial score (nSPS) is 11.4. The minimum absolute atomic E-state index is 0.121. The quantitative estimate of drug-likeness (QED) is 0.242. The third kappa shape index (κ3) is 7.63. The summed E-state index contributed by atoms with van der Waals surface area (Å²) in [4.78, 5) is 32.9. The van der Waals surface area contributed by atoms with Crippen molar-refractivity contribution >= 4 is 28.5 Å². The number of aromatic amines is 1. The predicted molar refractivity (Wildman–Crippen MR) is 148 cm³/mol. The summed E-state index contributed by atoms with van der Waals surface area (Å²) < 4.78 is 43.8. The number of fused-ring (bicyclic) bond motifs is 1. The average molecular weight is 553 g/mol. The summed E-state index contributed by atoms with van der Waals surface area (Å²) >= 11 is 0. The number of amides is 3. The van der Waals surface area contributed by atoms with E-state index in [2.05, 4.69) is 10.3 Å². The lowest BCUT2D eigenvalue weighted by Gasteiger charge is -2.28. The topological polar surface area (TPSA) is 77.7 Å². The monoisotopic (exact) mass is 552 g/mol. The maximum absolute atomic E-state index is 13.6. The van der Waals surface area contributed by atoms with Crippen LogP contribution in [0.3, 0.4) is 0 Å². The third-order valence-corrected chi connectivity index (χ3v) is 6.54. The van der Waals surface area contributed by atoms with Crippen LogP contribution >= 0.6 is 0 Å². The van der Waals surface area contributed by atoms with Gasteiger partial charge in [-0.2, -0.15) is 13.2 Å². The van der Waals surface area contributed by atoms with E-state index >= 15 is 0 Å². The molecule has 0 atom stereocenters. The second-order valence-electron chi connectivity index (χ2n) is 9.33. The molecule has 0 saturated carbocycles. The number of para-hydroxylation sites is 1. The average Bonchev–Trinajstić information content (AvgIpc) is 3.36. The van der Waals surface area contributed by atoms with Crippen molar-refractivity contribution in [2.75, 3.05) is 38.7 Å². The van der Waals surface area contributed by atoms with Crippen LogP contribution in [0.4, 0.5) is 23.7 Å². The summed E-state index contributed by atoms with van der Waals surface area (Å²) in [5.41, 5.74) is 2.42. The SMILES string of the molecule is COCCN(CC(=O)N(CCc1c[nH]c2ccccc12)Cc1ccccc1)C(=O)Nc1ccc(C(F)(F)F)cc1. The maximum Gasteiger partial charge on any atom is 0.416 e. The number of hydrogen-bond donors (Lipinski definition) is 2. The Balaban J connectivity index is 1.48. The van der Waals surface area contributed by atoms with Crippen LogP contribution in [0.2, 0.25) is 0 Å². The number of anilines is 1. The van der Waals surface area contributed by atoms with Gasteiger partial charge in [0.1, 0.15) is 6.54 Å². The Kier molecular flexibility index (Phi) is 9.44. The molecule has 4 aromatic rings. The number of benzene rings is 3. The highest BCUT2D eigenvalue weighted by Crippen LogP contribution is 2.30. The Labute approximate surface area is 230 Å². The molecule has 7 nitrogen and oxygen atoms in total. The summed E-state index contributed by atoms with van der Waals surface area (Å²) in [6.07, 6.45) is -1.93. The van der Waals surface area contributed by atoms with E-state index in [9.17, 15) is 22.8 Å². The Hall–Kier alpha value is -4.31. The Morgan fingerprint density at radius 1 is 0.900 bits per heavy atom. The summed E-state index contributed by atoms with van der Waals surface area (Å²) in [5, 5.41) is 3.68. The Morgan fingerprint density at radius 2 is 1.60 bits per heavy atom. The molecule has 10 heteroatoms. The molecule has 0 radical (unpaired) electrons. The zero-order valence-corrected chi connectivity index (χ0v) is 22.1. The first-order valence-corrected chi connectivity index (χ1v) is 12.8. The highest BCUT2D eigenvalue weighted by Gasteiger charge is 2.30. The van der Waals surface area contributed by atoms with Crippen LogP contribution in [0.1, 0.15) is 16.7 Å². The number of hydrogen-bond acceptors (Lipinski definition) is 3. The van der Waals surface area contributed by atoms with Crippen LogP contribution in [0.25, 0.3) is 10.9 Å². The first-order chi connectivity index (χ1) is 19.2. The molecule has 0 spiro atoms. The summed E-state index contributed by atoms with van der Waals surface area (Å²) in [6.45, 7) is 0.865. The molecule has 3 aromatic carbocycles. The van der Waals surface area contributed by atoms with Crippen LogP contribution in [-0.4, -0.2) is 60.1 Å². The van der Waals surface area contributed by atoms with Gasteiger partial charge in [-0.1, -0.05) is 48.5 Å². The number of carbonyl (C=O) groups excluding carboxylic acids is 2. The standard InChI is InChI=1S/C30H31F3N4O3/c1-40-18-17-37(29(39)35-25-13-11-24(12-14-25)30(31,32)33)21-28(38)36(20-22-7-3-2-4-8-22)16-15-23-19-34-27-10-6-5-9-26(23)27/h2-14,19,34H,15-18,20-21H2,1H3,(H,35,39). The second kappa shape index (κ2) is 13.2. The van der Waals surface area contributed by atoms with Crippen LogP contribution < -0.4 is 5.32 Å². The van der Waals surface area contributed by atoms with Gasteiger partial charge in [-0.25, -0.2) is 4.79 Å². The summed E-state index contributed by atoms with van der Waals surface area (Å²) in [6, 6.07) is 21.1. The van der Waals surface area contributed by atoms with E-state index in [-0.39, 0.29) is 31.3 Å². The fraction of sp³-hybridized carbons (Fsp3) is 0.267. The predicted octanol–water partition coefficient (Wildman–Crippen LogP) is 5.94. The molecule has 0 aliphatic heterocycles. The molecule has 0 bridgehead atoms. The van der Waals surface area contributed by atoms with Crippen molar-refractivity contribution in [3.8, 4) is 0 Å². The number of carbonyl (C=O) groups is 2. The van der Waals surface area contributed by atoms with Crippen molar-refractivity contribution in [1.29, 1.82) is 0 Å². The number of nitrogens with zero attached hydrogens (tertiary/aromatic N) is 2. The van der Waals surface area contributed by atoms with E-state index in [0.29, 0.717) is 19.5 Å². The minimum atomic E-state index is -4.48. The minimum Gasteiger partial charge on any atom is -0.383 e.